The van der Waals surface area contributed by atoms with E-state index >= 15 is 0 Å². The van der Waals surface area contributed by atoms with E-state index in [1.165, 1.54) is 24.3 Å². The molecule has 0 aliphatic heterocycles. The molecule has 64 valence electrons. The Morgan fingerprint density at radius 2 is 2.00 bits per heavy atom. The van der Waals surface area contributed by atoms with Gasteiger partial charge in [0, 0.05) is 5.69 Å². The van der Waals surface area contributed by atoms with Crippen LogP contribution < -0.4 is 5.32 Å². The van der Waals surface area contributed by atoms with Crippen molar-refractivity contribution in [2.75, 3.05) is 11.9 Å². The highest BCUT2D eigenvalue weighted by Crippen LogP contribution is 2.06. The van der Waals surface area contributed by atoms with Crippen LogP contribution in [0.5, 0.6) is 0 Å². The fourth-order valence-corrected chi connectivity index (χ4v) is 0.745. The lowest BCUT2D eigenvalue weighted by Crippen LogP contribution is -2.11. The Hall–Kier alpha value is -1.58. The number of carboxylic acids is 1. The standard InChI is InChI=1S/C8H8FNO2/c9-6-1-3-7(4-2-6)10-5-8(11)12/h1-4,10H,5H2,(H,11,12). The summed E-state index contributed by atoms with van der Waals surface area (Å²) in [4.78, 5) is 10.1. The Morgan fingerprint density at radius 3 is 2.50 bits per heavy atom. The quantitative estimate of drug-likeness (QED) is 0.717. The van der Waals surface area contributed by atoms with E-state index in [0.717, 1.165) is 0 Å². The van der Waals surface area contributed by atoms with Crippen LogP contribution in [-0.2, 0) is 4.79 Å². The zero-order valence-electron chi connectivity index (χ0n) is 6.25. The summed E-state index contributed by atoms with van der Waals surface area (Å²) in [5, 5.41) is 10.9. The molecule has 0 saturated carbocycles. The summed E-state index contributed by atoms with van der Waals surface area (Å²) < 4.78 is 12.3. The summed E-state index contributed by atoms with van der Waals surface area (Å²) >= 11 is 0. The van der Waals surface area contributed by atoms with Crippen LogP contribution in [0, 0.1) is 5.82 Å². The van der Waals surface area contributed by atoms with Gasteiger partial charge in [0.25, 0.3) is 0 Å². The predicted molar refractivity (Wildman–Crippen MR) is 42.5 cm³/mol. The number of benzene rings is 1. The van der Waals surface area contributed by atoms with Crippen molar-refractivity contribution in [3.8, 4) is 0 Å². The normalized spacial score (nSPS) is 9.42. The fraction of sp³-hybridized carbons (Fsp3) is 0.125. The van der Waals surface area contributed by atoms with Gasteiger partial charge in [-0.25, -0.2) is 4.39 Å². The lowest BCUT2D eigenvalue weighted by atomic mass is 10.3. The molecule has 0 aliphatic rings. The van der Waals surface area contributed by atoms with Crippen LogP contribution in [0.3, 0.4) is 0 Å². The van der Waals surface area contributed by atoms with Gasteiger partial charge in [-0.3, -0.25) is 4.79 Å². The van der Waals surface area contributed by atoms with Crippen molar-refractivity contribution in [2.45, 2.75) is 0 Å². The predicted octanol–water partition coefficient (Wildman–Crippen LogP) is 1.32. The first-order chi connectivity index (χ1) is 5.68. The van der Waals surface area contributed by atoms with E-state index < -0.39 is 5.97 Å². The van der Waals surface area contributed by atoms with E-state index in [4.69, 9.17) is 5.11 Å². The molecule has 0 radical (unpaired) electrons. The number of anilines is 1. The summed E-state index contributed by atoms with van der Waals surface area (Å²) in [6.07, 6.45) is 0. The summed E-state index contributed by atoms with van der Waals surface area (Å²) in [5.74, 6) is -1.28. The number of aliphatic carboxylic acids is 1. The molecule has 0 heterocycles. The van der Waals surface area contributed by atoms with Crippen molar-refractivity contribution < 1.29 is 14.3 Å². The third kappa shape index (κ3) is 2.57. The third-order valence-corrected chi connectivity index (χ3v) is 1.29. The minimum Gasteiger partial charge on any atom is -0.480 e. The van der Waals surface area contributed by atoms with Crippen LogP contribution in [0.1, 0.15) is 0 Å². The van der Waals surface area contributed by atoms with Gasteiger partial charge in [-0.05, 0) is 24.3 Å². The second-order valence-corrected chi connectivity index (χ2v) is 2.25. The lowest BCUT2D eigenvalue weighted by molar-refractivity contribution is -0.134. The van der Waals surface area contributed by atoms with E-state index in [1.54, 1.807) is 0 Å². The highest BCUT2D eigenvalue weighted by molar-refractivity contribution is 5.72. The van der Waals surface area contributed by atoms with Gasteiger partial charge in [0.2, 0.25) is 0 Å². The number of rotatable bonds is 3. The van der Waals surface area contributed by atoms with Gasteiger partial charge in [-0.1, -0.05) is 0 Å². The molecule has 0 unspecified atom stereocenters. The van der Waals surface area contributed by atoms with E-state index in [1.807, 2.05) is 0 Å². The summed E-state index contributed by atoms with van der Waals surface area (Å²) in [5.41, 5.74) is 0.596. The van der Waals surface area contributed by atoms with Crippen molar-refractivity contribution in [3.05, 3.63) is 30.1 Å². The van der Waals surface area contributed by atoms with Gasteiger partial charge in [0.05, 0.1) is 0 Å². The molecule has 1 aromatic carbocycles. The summed E-state index contributed by atoms with van der Waals surface area (Å²) in [7, 11) is 0. The molecule has 4 heteroatoms. The van der Waals surface area contributed by atoms with Crippen molar-refractivity contribution in [1.82, 2.24) is 0 Å². The monoisotopic (exact) mass is 169 g/mol. The molecular weight excluding hydrogens is 161 g/mol. The lowest BCUT2D eigenvalue weighted by Gasteiger charge is -2.01. The molecular formula is C8H8FNO2. The average Bonchev–Trinajstić information content (AvgIpc) is 2.03. The molecule has 2 N–H and O–H groups in total. The number of halogens is 1. The maximum absolute atomic E-state index is 12.3. The van der Waals surface area contributed by atoms with Crippen molar-refractivity contribution >= 4 is 11.7 Å². The minimum absolute atomic E-state index is 0.161. The second-order valence-electron chi connectivity index (χ2n) is 2.25. The highest BCUT2D eigenvalue weighted by atomic mass is 19.1. The first kappa shape index (κ1) is 8.52. The molecule has 3 nitrogen and oxygen atoms in total. The summed E-state index contributed by atoms with van der Waals surface area (Å²) in [6.45, 7) is -0.161. The van der Waals surface area contributed by atoms with Gasteiger partial charge in [-0.2, -0.15) is 0 Å². The minimum atomic E-state index is -0.945. The van der Waals surface area contributed by atoms with Crippen LogP contribution in [0.15, 0.2) is 24.3 Å². The zero-order chi connectivity index (χ0) is 8.97. The van der Waals surface area contributed by atoms with Crippen molar-refractivity contribution in [3.63, 3.8) is 0 Å². The Balaban J connectivity index is 2.53. The molecule has 12 heavy (non-hydrogen) atoms. The zero-order valence-corrected chi connectivity index (χ0v) is 6.25. The SMILES string of the molecule is O=C(O)CNc1ccc(F)cc1. The second kappa shape index (κ2) is 3.71. The number of carboxylic acid groups (broad SMARTS) is 1. The smallest absolute Gasteiger partial charge is 0.322 e. The Morgan fingerprint density at radius 1 is 1.42 bits per heavy atom. The van der Waals surface area contributed by atoms with Gasteiger partial charge < -0.3 is 10.4 Å². The molecule has 0 spiro atoms. The molecule has 0 bridgehead atoms. The third-order valence-electron chi connectivity index (χ3n) is 1.29. The molecule has 1 aromatic rings. The van der Waals surface area contributed by atoms with Crippen LogP contribution in [-0.4, -0.2) is 17.6 Å². The number of hydrogen-bond donors (Lipinski definition) is 2. The van der Waals surface area contributed by atoms with Crippen LogP contribution in [0.25, 0.3) is 0 Å². The molecule has 0 fully saturated rings. The summed E-state index contributed by atoms with van der Waals surface area (Å²) in [6, 6.07) is 5.50. The van der Waals surface area contributed by atoms with Gasteiger partial charge in [0.15, 0.2) is 0 Å². The fourth-order valence-electron chi connectivity index (χ4n) is 0.745. The Kier molecular flexibility index (Phi) is 2.63. The first-order valence-electron chi connectivity index (χ1n) is 3.40. The van der Waals surface area contributed by atoms with Gasteiger partial charge in [-0.15, -0.1) is 0 Å². The molecule has 0 amide bonds. The number of hydrogen-bond acceptors (Lipinski definition) is 2. The Labute approximate surface area is 68.8 Å². The maximum atomic E-state index is 12.3. The van der Waals surface area contributed by atoms with Gasteiger partial charge >= 0.3 is 5.97 Å². The Bertz CT molecular complexity index is 271. The van der Waals surface area contributed by atoms with E-state index in [9.17, 15) is 9.18 Å². The van der Waals surface area contributed by atoms with Gasteiger partial charge in [0.1, 0.15) is 12.4 Å². The van der Waals surface area contributed by atoms with Crippen LogP contribution in [0.2, 0.25) is 0 Å². The average molecular weight is 169 g/mol. The van der Waals surface area contributed by atoms with Crippen LogP contribution in [0.4, 0.5) is 10.1 Å². The molecule has 0 aliphatic carbocycles. The number of carbonyl (C=O) groups is 1. The van der Waals surface area contributed by atoms with E-state index in [0.29, 0.717) is 5.69 Å². The maximum Gasteiger partial charge on any atom is 0.322 e. The number of nitrogens with one attached hydrogen (secondary N) is 1. The highest BCUT2D eigenvalue weighted by Gasteiger charge is 1.96. The van der Waals surface area contributed by atoms with Crippen LogP contribution >= 0.6 is 0 Å². The molecule has 0 saturated heterocycles. The molecule has 0 atom stereocenters. The van der Waals surface area contributed by atoms with Crippen molar-refractivity contribution in [1.29, 1.82) is 0 Å². The molecule has 0 aromatic heterocycles. The van der Waals surface area contributed by atoms with E-state index in [2.05, 4.69) is 5.32 Å². The topological polar surface area (TPSA) is 49.3 Å². The van der Waals surface area contributed by atoms with Crippen molar-refractivity contribution in [2.24, 2.45) is 0 Å². The van der Waals surface area contributed by atoms with E-state index in [-0.39, 0.29) is 12.4 Å². The largest absolute Gasteiger partial charge is 0.480 e. The first-order valence-corrected chi connectivity index (χ1v) is 3.40. The molecule has 1 rings (SSSR count).